The van der Waals surface area contributed by atoms with E-state index in [1.807, 2.05) is 0 Å². The molecule has 4 nitrogen and oxygen atoms in total. The maximum absolute atomic E-state index is 13.0. The zero-order valence-corrected chi connectivity index (χ0v) is 11.9. The maximum Gasteiger partial charge on any atom is 0.251 e. The Morgan fingerprint density at radius 1 is 1.05 bits per heavy atom. The molecule has 1 amide bonds. The zero-order valence-electron chi connectivity index (χ0n) is 11.9. The van der Waals surface area contributed by atoms with Gasteiger partial charge in [0.05, 0.1) is 13.7 Å². The van der Waals surface area contributed by atoms with Crippen molar-refractivity contribution in [3.8, 4) is 11.5 Å². The van der Waals surface area contributed by atoms with Crippen molar-refractivity contribution < 1.29 is 23.0 Å². The number of halogens is 2. The van der Waals surface area contributed by atoms with E-state index in [-0.39, 0.29) is 18.7 Å². The van der Waals surface area contributed by atoms with Gasteiger partial charge in [0, 0.05) is 5.56 Å². The van der Waals surface area contributed by atoms with Crippen LogP contribution in [0.25, 0.3) is 0 Å². The van der Waals surface area contributed by atoms with E-state index >= 15 is 0 Å². The van der Waals surface area contributed by atoms with Crippen molar-refractivity contribution in [3.63, 3.8) is 0 Å². The van der Waals surface area contributed by atoms with Gasteiger partial charge < -0.3 is 14.8 Å². The number of hydrogen-bond acceptors (Lipinski definition) is 3. The fourth-order valence-corrected chi connectivity index (χ4v) is 1.74. The lowest BCUT2D eigenvalue weighted by Crippen LogP contribution is -2.28. The number of ether oxygens (including phenoxy) is 2. The Hall–Kier alpha value is -2.63. The van der Waals surface area contributed by atoms with Crippen molar-refractivity contribution in [2.24, 2.45) is 0 Å². The van der Waals surface area contributed by atoms with Crippen LogP contribution in [0.5, 0.6) is 11.5 Å². The average molecular weight is 307 g/mol. The molecule has 0 saturated carbocycles. The quantitative estimate of drug-likeness (QED) is 0.835. The third-order valence-corrected chi connectivity index (χ3v) is 2.90. The summed E-state index contributed by atoms with van der Waals surface area (Å²) < 4.78 is 36.2. The fraction of sp³-hybridized carbons (Fsp3) is 0.188. The molecular weight excluding hydrogens is 292 g/mol. The van der Waals surface area contributed by atoms with Gasteiger partial charge in [0.15, 0.2) is 11.6 Å². The average Bonchev–Trinajstić information content (AvgIpc) is 2.54. The van der Waals surface area contributed by atoms with Crippen LogP contribution in [-0.4, -0.2) is 26.2 Å². The first-order chi connectivity index (χ1) is 10.6. The molecule has 0 unspecified atom stereocenters. The van der Waals surface area contributed by atoms with Gasteiger partial charge >= 0.3 is 0 Å². The molecule has 0 bridgehead atoms. The Morgan fingerprint density at radius 3 is 2.36 bits per heavy atom. The minimum Gasteiger partial charge on any atom is -0.497 e. The smallest absolute Gasteiger partial charge is 0.251 e. The number of amides is 1. The molecule has 0 aliphatic rings. The molecule has 0 aliphatic heterocycles. The Bertz CT molecular complexity index is 644. The first kappa shape index (κ1) is 15.8. The van der Waals surface area contributed by atoms with Crippen LogP contribution < -0.4 is 14.8 Å². The van der Waals surface area contributed by atoms with E-state index in [0.29, 0.717) is 5.75 Å². The van der Waals surface area contributed by atoms with E-state index in [4.69, 9.17) is 9.47 Å². The summed E-state index contributed by atoms with van der Waals surface area (Å²) in [6.07, 6.45) is 0. The summed E-state index contributed by atoms with van der Waals surface area (Å²) in [6.45, 7) is 0.492. The Morgan fingerprint density at radius 2 is 1.73 bits per heavy atom. The molecule has 0 aromatic heterocycles. The van der Waals surface area contributed by atoms with E-state index in [1.165, 1.54) is 6.07 Å². The molecule has 0 fully saturated rings. The number of benzene rings is 2. The molecule has 0 saturated heterocycles. The summed E-state index contributed by atoms with van der Waals surface area (Å²) in [5, 5.41) is 2.56. The van der Waals surface area contributed by atoms with Crippen molar-refractivity contribution in [2.75, 3.05) is 20.3 Å². The molecule has 0 atom stereocenters. The standard InChI is InChI=1S/C16H15F2NO3/c1-21-12-3-5-13(6-4-12)22-9-8-19-16(20)11-2-7-14(17)15(18)10-11/h2-7,10H,8-9H2,1H3,(H,19,20). The van der Waals surface area contributed by atoms with E-state index in [0.717, 1.165) is 17.9 Å². The lowest BCUT2D eigenvalue weighted by atomic mass is 10.2. The van der Waals surface area contributed by atoms with E-state index < -0.39 is 17.5 Å². The summed E-state index contributed by atoms with van der Waals surface area (Å²) in [4.78, 5) is 11.7. The molecule has 22 heavy (non-hydrogen) atoms. The topological polar surface area (TPSA) is 47.6 Å². The highest BCUT2D eigenvalue weighted by molar-refractivity contribution is 5.94. The van der Waals surface area contributed by atoms with Crippen LogP contribution in [0.3, 0.4) is 0 Å². The normalized spacial score (nSPS) is 10.1. The predicted octanol–water partition coefficient (Wildman–Crippen LogP) is 2.78. The van der Waals surface area contributed by atoms with Gasteiger partial charge in [-0.05, 0) is 42.5 Å². The van der Waals surface area contributed by atoms with Crippen LogP contribution in [0.1, 0.15) is 10.4 Å². The number of rotatable bonds is 6. The molecule has 1 N–H and O–H groups in total. The van der Waals surface area contributed by atoms with Crippen LogP contribution in [-0.2, 0) is 0 Å². The minimum absolute atomic E-state index is 0.0587. The number of nitrogens with one attached hydrogen (secondary N) is 1. The number of methoxy groups -OCH3 is 1. The number of carbonyl (C=O) groups is 1. The summed E-state index contributed by atoms with van der Waals surface area (Å²) >= 11 is 0. The first-order valence-electron chi connectivity index (χ1n) is 6.60. The summed E-state index contributed by atoms with van der Waals surface area (Å²) in [6, 6.07) is 10.0. The van der Waals surface area contributed by atoms with Gasteiger partial charge in [-0.25, -0.2) is 8.78 Å². The summed E-state index contributed by atoms with van der Waals surface area (Å²) in [5.74, 6) is -1.17. The molecule has 2 rings (SSSR count). The maximum atomic E-state index is 13.0. The Labute approximate surface area is 126 Å². The van der Waals surface area contributed by atoms with Gasteiger partial charge in [-0.2, -0.15) is 0 Å². The van der Waals surface area contributed by atoms with E-state index in [2.05, 4.69) is 5.32 Å². The SMILES string of the molecule is COc1ccc(OCCNC(=O)c2ccc(F)c(F)c2)cc1. The third-order valence-electron chi connectivity index (χ3n) is 2.90. The van der Waals surface area contributed by atoms with Crippen molar-refractivity contribution in [1.29, 1.82) is 0 Å². The third kappa shape index (κ3) is 4.18. The molecule has 0 heterocycles. The molecule has 6 heteroatoms. The second-order valence-corrected chi connectivity index (χ2v) is 4.41. The zero-order chi connectivity index (χ0) is 15.9. The number of carbonyl (C=O) groups excluding carboxylic acids is 1. The largest absolute Gasteiger partial charge is 0.497 e. The van der Waals surface area contributed by atoms with Gasteiger partial charge in [0.25, 0.3) is 5.91 Å². The van der Waals surface area contributed by atoms with E-state index in [1.54, 1.807) is 31.4 Å². The minimum atomic E-state index is -1.05. The van der Waals surface area contributed by atoms with Gasteiger partial charge in [0.1, 0.15) is 18.1 Å². The van der Waals surface area contributed by atoms with Crippen molar-refractivity contribution in [1.82, 2.24) is 5.32 Å². The molecular formula is C16H15F2NO3. The van der Waals surface area contributed by atoms with Crippen LogP contribution in [0.15, 0.2) is 42.5 Å². The summed E-state index contributed by atoms with van der Waals surface area (Å²) in [5.41, 5.74) is 0.0587. The van der Waals surface area contributed by atoms with Crippen LogP contribution in [0, 0.1) is 11.6 Å². The molecule has 0 radical (unpaired) electrons. The van der Waals surface area contributed by atoms with E-state index in [9.17, 15) is 13.6 Å². The molecule has 116 valence electrons. The monoisotopic (exact) mass is 307 g/mol. The van der Waals surface area contributed by atoms with Crippen LogP contribution >= 0.6 is 0 Å². The van der Waals surface area contributed by atoms with Gasteiger partial charge in [-0.15, -0.1) is 0 Å². The predicted molar refractivity (Wildman–Crippen MR) is 77.2 cm³/mol. The van der Waals surface area contributed by atoms with Gasteiger partial charge in [0.2, 0.25) is 0 Å². The lowest BCUT2D eigenvalue weighted by Gasteiger charge is -2.08. The van der Waals surface area contributed by atoms with Crippen molar-refractivity contribution in [2.45, 2.75) is 0 Å². The highest BCUT2D eigenvalue weighted by Crippen LogP contribution is 2.16. The fourth-order valence-electron chi connectivity index (χ4n) is 1.74. The second-order valence-electron chi connectivity index (χ2n) is 4.41. The van der Waals surface area contributed by atoms with Crippen LogP contribution in [0.4, 0.5) is 8.78 Å². The molecule has 0 aliphatic carbocycles. The second kappa shape index (κ2) is 7.40. The van der Waals surface area contributed by atoms with Crippen molar-refractivity contribution in [3.05, 3.63) is 59.7 Å². The molecule has 2 aromatic carbocycles. The van der Waals surface area contributed by atoms with Gasteiger partial charge in [-0.1, -0.05) is 0 Å². The highest BCUT2D eigenvalue weighted by Gasteiger charge is 2.09. The number of hydrogen-bond donors (Lipinski definition) is 1. The lowest BCUT2D eigenvalue weighted by molar-refractivity contribution is 0.0946. The van der Waals surface area contributed by atoms with Crippen LogP contribution in [0.2, 0.25) is 0 Å². The molecule has 2 aromatic rings. The van der Waals surface area contributed by atoms with Gasteiger partial charge in [-0.3, -0.25) is 4.79 Å². The Kier molecular flexibility index (Phi) is 5.30. The Balaban J connectivity index is 1.77. The van der Waals surface area contributed by atoms with Crippen molar-refractivity contribution >= 4 is 5.91 Å². The highest BCUT2D eigenvalue weighted by atomic mass is 19.2. The summed E-state index contributed by atoms with van der Waals surface area (Å²) in [7, 11) is 1.57. The molecule has 0 spiro atoms. The first-order valence-corrected chi connectivity index (χ1v) is 6.60.